The molecule has 2 heterocycles. The van der Waals surface area contributed by atoms with Gasteiger partial charge in [0.05, 0.1) is 0 Å². The van der Waals surface area contributed by atoms with Gasteiger partial charge in [-0.05, 0) is 50.6 Å². The van der Waals surface area contributed by atoms with Crippen molar-refractivity contribution >= 4 is 29.0 Å². The van der Waals surface area contributed by atoms with Gasteiger partial charge in [-0.15, -0.1) is 10.2 Å². The Kier molecular flexibility index (Phi) is 5.25. The maximum Gasteiger partial charge on any atom is 0.273 e. The highest BCUT2D eigenvalue weighted by Crippen LogP contribution is 2.25. The van der Waals surface area contributed by atoms with E-state index < -0.39 is 5.91 Å². The first-order valence-corrected chi connectivity index (χ1v) is 9.70. The molecule has 1 saturated carbocycles. The summed E-state index contributed by atoms with van der Waals surface area (Å²) < 4.78 is 0. The van der Waals surface area contributed by atoms with Crippen molar-refractivity contribution in [1.82, 2.24) is 20.1 Å². The van der Waals surface area contributed by atoms with E-state index >= 15 is 0 Å². The maximum absolute atomic E-state index is 11.6. The van der Waals surface area contributed by atoms with Crippen LogP contribution in [-0.2, 0) is 0 Å². The van der Waals surface area contributed by atoms with Crippen LogP contribution < -0.4 is 21.3 Å². The quantitative estimate of drug-likeness (QED) is 0.688. The van der Waals surface area contributed by atoms with Crippen LogP contribution in [0, 0.1) is 0 Å². The molecule has 28 heavy (non-hydrogen) atoms. The number of piperazine rings is 1. The highest BCUT2D eigenvalue weighted by atomic mass is 16.1. The average molecular weight is 382 g/mol. The number of primary amides is 1. The zero-order chi connectivity index (χ0) is 19.5. The van der Waals surface area contributed by atoms with E-state index in [4.69, 9.17) is 5.73 Å². The van der Waals surface area contributed by atoms with Crippen molar-refractivity contribution in [3.05, 3.63) is 30.0 Å². The van der Waals surface area contributed by atoms with Crippen LogP contribution in [0.5, 0.6) is 0 Å². The lowest BCUT2D eigenvalue weighted by Gasteiger charge is -2.34. The lowest BCUT2D eigenvalue weighted by molar-refractivity contribution is 0.0995. The number of nitrogens with two attached hydrogens (primary N) is 1. The lowest BCUT2D eigenvalue weighted by atomic mass is 9.93. The first-order valence-electron chi connectivity index (χ1n) is 9.70. The predicted octanol–water partition coefficient (Wildman–Crippen LogP) is 1.43. The number of amides is 1. The van der Waals surface area contributed by atoms with Crippen molar-refractivity contribution in [1.29, 1.82) is 0 Å². The Labute approximate surface area is 164 Å². The molecule has 0 unspecified atom stereocenters. The predicted molar refractivity (Wildman–Crippen MR) is 109 cm³/mol. The van der Waals surface area contributed by atoms with E-state index in [1.165, 1.54) is 12.1 Å². The molecule has 1 aromatic heterocycles. The first-order chi connectivity index (χ1) is 13.6. The summed E-state index contributed by atoms with van der Waals surface area (Å²) in [5.74, 6) is 0.0906. The fraction of sp³-hybridized carbons (Fsp3) is 0.474. The first kappa shape index (κ1) is 18.4. The minimum absolute atomic E-state index is 0.0721. The molecular formula is C19H26N8O. The van der Waals surface area contributed by atoms with Crippen molar-refractivity contribution in [2.75, 3.05) is 48.8 Å². The third kappa shape index (κ3) is 4.14. The van der Waals surface area contributed by atoms with Gasteiger partial charge in [0.2, 0.25) is 5.95 Å². The molecule has 1 saturated heterocycles. The highest BCUT2D eigenvalue weighted by molar-refractivity contribution is 5.95. The Morgan fingerprint density at radius 3 is 2.43 bits per heavy atom. The number of benzene rings is 1. The van der Waals surface area contributed by atoms with Crippen LogP contribution in [0.1, 0.15) is 29.8 Å². The van der Waals surface area contributed by atoms with Crippen molar-refractivity contribution in [2.45, 2.75) is 25.3 Å². The number of hydrogen-bond acceptors (Lipinski definition) is 8. The van der Waals surface area contributed by atoms with Crippen LogP contribution in [0.25, 0.3) is 0 Å². The number of rotatable bonds is 6. The molecule has 1 amide bonds. The molecule has 0 spiro atoms. The Morgan fingerprint density at radius 1 is 1.11 bits per heavy atom. The van der Waals surface area contributed by atoms with E-state index in [1.807, 2.05) is 12.1 Å². The number of nitrogens with zero attached hydrogens (tertiary/aromatic N) is 5. The van der Waals surface area contributed by atoms with E-state index in [9.17, 15) is 4.79 Å². The van der Waals surface area contributed by atoms with Crippen LogP contribution in [0.15, 0.2) is 24.3 Å². The molecule has 1 aromatic carbocycles. The minimum Gasteiger partial charge on any atom is -0.369 e. The van der Waals surface area contributed by atoms with Crippen molar-refractivity contribution in [3.8, 4) is 0 Å². The topological polar surface area (TPSA) is 112 Å². The standard InChI is InChI=1S/C19H26N8O/c1-26-9-11-27(12-10-26)15-7-5-14(6-8-15)22-19-23-18(21-13-3-2-4-13)16(17(20)28)24-25-19/h5-8,13H,2-4,9-12H2,1H3,(H2,20,28)(H2,21,22,23,25). The monoisotopic (exact) mass is 382 g/mol. The van der Waals surface area contributed by atoms with Crippen molar-refractivity contribution < 1.29 is 4.79 Å². The van der Waals surface area contributed by atoms with Gasteiger partial charge in [0.15, 0.2) is 11.5 Å². The van der Waals surface area contributed by atoms with E-state index in [0.717, 1.165) is 44.7 Å². The van der Waals surface area contributed by atoms with Gasteiger partial charge in [-0.3, -0.25) is 4.79 Å². The van der Waals surface area contributed by atoms with E-state index in [2.05, 4.69) is 54.8 Å². The molecular weight excluding hydrogens is 356 g/mol. The summed E-state index contributed by atoms with van der Waals surface area (Å²) in [6.07, 6.45) is 3.28. The van der Waals surface area contributed by atoms with Crippen LogP contribution in [0.3, 0.4) is 0 Å². The maximum atomic E-state index is 11.6. The fourth-order valence-corrected chi connectivity index (χ4v) is 3.34. The van der Waals surface area contributed by atoms with Crippen LogP contribution in [0.2, 0.25) is 0 Å². The summed E-state index contributed by atoms with van der Waals surface area (Å²) in [5, 5.41) is 14.4. The molecule has 0 atom stereocenters. The Hall–Kier alpha value is -2.94. The van der Waals surface area contributed by atoms with Crippen LogP contribution in [0.4, 0.5) is 23.1 Å². The van der Waals surface area contributed by atoms with Crippen molar-refractivity contribution in [2.24, 2.45) is 5.73 Å². The fourth-order valence-electron chi connectivity index (χ4n) is 3.34. The van der Waals surface area contributed by atoms with Gasteiger partial charge in [-0.2, -0.15) is 4.98 Å². The zero-order valence-corrected chi connectivity index (χ0v) is 16.1. The number of carbonyl (C=O) groups excluding carboxylic acids is 1. The summed E-state index contributed by atoms with van der Waals surface area (Å²) in [4.78, 5) is 20.7. The summed E-state index contributed by atoms with van der Waals surface area (Å²) in [7, 11) is 2.15. The Bertz CT molecular complexity index is 828. The largest absolute Gasteiger partial charge is 0.369 e. The highest BCUT2D eigenvalue weighted by Gasteiger charge is 2.22. The third-order valence-corrected chi connectivity index (χ3v) is 5.36. The Morgan fingerprint density at radius 2 is 1.82 bits per heavy atom. The second-order valence-corrected chi connectivity index (χ2v) is 7.43. The van der Waals surface area contributed by atoms with Crippen molar-refractivity contribution in [3.63, 3.8) is 0 Å². The minimum atomic E-state index is -0.634. The summed E-state index contributed by atoms with van der Waals surface area (Å²) in [6.45, 7) is 4.20. The van der Waals surface area contributed by atoms with Gasteiger partial charge in [0.1, 0.15) is 0 Å². The molecule has 0 radical (unpaired) electrons. The SMILES string of the molecule is CN1CCN(c2ccc(Nc3nnc(C(N)=O)c(NC4CCC4)n3)cc2)CC1. The molecule has 148 valence electrons. The Balaban J connectivity index is 1.46. The molecule has 4 rings (SSSR count). The van der Waals surface area contributed by atoms with Gasteiger partial charge in [-0.1, -0.05) is 0 Å². The van der Waals surface area contributed by atoms with Gasteiger partial charge in [-0.25, -0.2) is 0 Å². The zero-order valence-electron chi connectivity index (χ0n) is 16.1. The summed E-state index contributed by atoms with van der Waals surface area (Å²) in [6, 6.07) is 8.49. The number of hydrogen-bond donors (Lipinski definition) is 3. The number of anilines is 4. The van der Waals surface area contributed by atoms with E-state index in [1.54, 1.807) is 0 Å². The third-order valence-electron chi connectivity index (χ3n) is 5.36. The molecule has 1 aliphatic heterocycles. The number of carbonyl (C=O) groups is 1. The number of likely N-dealkylation sites (N-methyl/N-ethyl adjacent to an activating group) is 1. The van der Waals surface area contributed by atoms with Crippen LogP contribution >= 0.6 is 0 Å². The molecule has 2 aliphatic rings. The normalized spacial score (nSPS) is 17.8. The molecule has 2 fully saturated rings. The smallest absolute Gasteiger partial charge is 0.273 e. The molecule has 9 nitrogen and oxygen atoms in total. The molecule has 2 aromatic rings. The number of aromatic nitrogens is 3. The van der Waals surface area contributed by atoms with Gasteiger partial charge in [0.25, 0.3) is 5.91 Å². The van der Waals surface area contributed by atoms with Gasteiger partial charge >= 0.3 is 0 Å². The summed E-state index contributed by atoms with van der Waals surface area (Å²) >= 11 is 0. The van der Waals surface area contributed by atoms with Crippen LogP contribution in [-0.4, -0.2) is 65.3 Å². The van der Waals surface area contributed by atoms with E-state index in [-0.39, 0.29) is 5.69 Å². The average Bonchev–Trinajstić information content (AvgIpc) is 2.66. The van der Waals surface area contributed by atoms with Gasteiger partial charge < -0.3 is 26.2 Å². The second-order valence-electron chi connectivity index (χ2n) is 7.43. The lowest BCUT2D eigenvalue weighted by Crippen LogP contribution is -2.44. The molecule has 9 heteroatoms. The van der Waals surface area contributed by atoms with Gasteiger partial charge in [0, 0.05) is 43.6 Å². The molecule has 4 N–H and O–H groups in total. The second kappa shape index (κ2) is 7.97. The summed E-state index contributed by atoms with van der Waals surface area (Å²) in [5.41, 5.74) is 7.54. The molecule has 1 aliphatic carbocycles. The molecule has 0 bridgehead atoms. The number of nitrogens with one attached hydrogen (secondary N) is 2. The van der Waals surface area contributed by atoms with E-state index in [0.29, 0.717) is 17.8 Å².